The smallest absolute Gasteiger partial charge is 0.323 e. The van der Waals surface area contributed by atoms with E-state index in [0.29, 0.717) is 10.7 Å². The number of carbonyl (C=O) groups excluding carboxylic acids is 2. The Labute approximate surface area is 126 Å². The van der Waals surface area contributed by atoms with Crippen LogP contribution in [0.25, 0.3) is 0 Å². The van der Waals surface area contributed by atoms with Gasteiger partial charge in [0.05, 0.1) is 13.5 Å². The number of halogens is 1. The molecule has 2 amide bonds. The molecule has 1 rings (SSSR count). The predicted molar refractivity (Wildman–Crippen MR) is 76.5 cm³/mol. The number of hydrogen-bond acceptors (Lipinski definition) is 4. The average molecular weight is 315 g/mol. The van der Waals surface area contributed by atoms with E-state index in [4.69, 9.17) is 16.7 Å². The van der Waals surface area contributed by atoms with Crippen molar-refractivity contribution in [2.75, 3.05) is 25.1 Å². The molecule has 0 unspecified atom stereocenters. The van der Waals surface area contributed by atoms with E-state index >= 15 is 0 Å². The van der Waals surface area contributed by atoms with Crippen LogP contribution in [0.1, 0.15) is 6.42 Å². The lowest BCUT2D eigenvalue weighted by molar-refractivity contribution is -0.140. The molecule has 0 aliphatic carbocycles. The molecular weight excluding hydrogens is 300 g/mol. The van der Waals surface area contributed by atoms with Crippen LogP contribution >= 0.6 is 11.6 Å². The number of rotatable bonds is 6. The maximum atomic E-state index is 12.0. The number of nitrogens with one attached hydrogen (secondary N) is 1. The highest BCUT2D eigenvalue weighted by Crippen LogP contribution is 2.19. The summed E-state index contributed by atoms with van der Waals surface area (Å²) < 4.78 is 4.44. The third-order valence-corrected chi connectivity index (χ3v) is 2.73. The van der Waals surface area contributed by atoms with Crippen LogP contribution in [0.5, 0.6) is 0 Å². The highest BCUT2D eigenvalue weighted by molar-refractivity contribution is 6.30. The molecule has 0 aromatic heterocycles. The molecule has 0 saturated carbocycles. The number of hydrogen-bond donors (Lipinski definition) is 2. The van der Waals surface area contributed by atoms with Crippen molar-refractivity contribution in [2.45, 2.75) is 6.42 Å². The number of aliphatic carboxylic acids is 1. The van der Waals surface area contributed by atoms with Gasteiger partial charge in [-0.15, -0.1) is 0 Å². The van der Waals surface area contributed by atoms with Crippen LogP contribution in [0, 0.1) is 0 Å². The van der Waals surface area contributed by atoms with Crippen molar-refractivity contribution >= 4 is 35.3 Å². The zero-order chi connectivity index (χ0) is 15.8. The molecular formula is C13H15ClN2O5. The molecule has 0 atom stereocenters. The van der Waals surface area contributed by atoms with Crippen molar-refractivity contribution < 1.29 is 24.2 Å². The second-order valence-electron chi connectivity index (χ2n) is 4.02. The summed E-state index contributed by atoms with van der Waals surface area (Å²) in [6.45, 7) is -0.480. The predicted octanol–water partition coefficient (Wildman–Crippen LogP) is 1.50. The number of ether oxygens (including phenoxy) is 1. The number of anilines is 1. The molecule has 21 heavy (non-hydrogen) atoms. The minimum Gasteiger partial charge on any atom is -0.480 e. The van der Waals surface area contributed by atoms with Crippen molar-refractivity contribution in [3.05, 3.63) is 29.3 Å². The number of carboxylic acid groups (broad SMARTS) is 1. The van der Waals surface area contributed by atoms with E-state index in [1.54, 1.807) is 18.2 Å². The van der Waals surface area contributed by atoms with Crippen molar-refractivity contribution in [1.82, 2.24) is 5.32 Å². The van der Waals surface area contributed by atoms with Gasteiger partial charge in [-0.25, -0.2) is 4.79 Å². The molecule has 8 heteroatoms. The van der Waals surface area contributed by atoms with Gasteiger partial charge in [-0.3, -0.25) is 14.5 Å². The van der Waals surface area contributed by atoms with Gasteiger partial charge in [0.2, 0.25) is 0 Å². The van der Waals surface area contributed by atoms with E-state index < -0.39 is 24.5 Å². The molecule has 0 spiro atoms. The molecule has 1 aromatic rings. The standard InChI is InChI=1S/C13H15ClN2O5/c1-21-12(19)5-6-15-13(20)16(8-11(17)18)10-4-2-3-9(14)7-10/h2-4,7H,5-6,8H2,1H3,(H,15,20)(H,17,18). The minimum absolute atomic E-state index is 0.00129. The molecule has 0 heterocycles. The van der Waals surface area contributed by atoms with Gasteiger partial charge in [-0.1, -0.05) is 17.7 Å². The maximum Gasteiger partial charge on any atom is 0.323 e. The van der Waals surface area contributed by atoms with E-state index in [1.165, 1.54) is 13.2 Å². The van der Waals surface area contributed by atoms with Gasteiger partial charge < -0.3 is 15.2 Å². The Bertz CT molecular complexity index is 535. The summed E-state index contributed by atoms with van der Waals surface area (Å²) in [5.74, 6) is -1.64. The van der Waals surface area contributed by atoms with Gasteiger partial charge in [0.1, 0.15) is 6.54 Å². The molecule has 1 aromatic carbocycles. The Kier molecular flexibility index (Phi) is 6.48. The summed E-state index contributed by atoms with van der Waals surface area (Å²) >= 11 is 5.83. The number of carboxylic acids is 1. The Morgan fingerprint density at radius 1 is 1.38 bits per heavy atom. The van der Waals surface area contributed by atoms with Crippen molar-refractivity contribution in [2.24, 2.45) is 0 Å². The lowest BCUT2D eigenvalue weighted by Crippen LogP contribution is -2.43. The molecule has 2 N–H and O–H groups in total. The van der Waals surface area contributed by atoms with Crippen LogP contribution in [0.2, 0.25) is 5.02 Å². The number of esters is 1. The Morgan fingerprint density at radius 2 is 2.10 bits per heavy atom. The number of benzene rings is 1. The van der Waals surface area contributed by atoms with Crippen molar-refractivity contribution in [3.63, 3.8) is 0 Å². The van der Waals surface area contributed by atoms with Crippen molar-refractivity contribution in [3.8, 4) is 0 Å². The van der Waals surface area contributed by atoms with Gasteiger partial charge in [0, 0.05) is 17.3 Å². The largest absolute Gasteiger partial charge is 0.480 e. The second kappa shape index (κ2) is 8.11. The summed E-state index contributed by atoms with van der Waals surface area (Å²) in [7, 11) is 1.24. The first-order valence-corrected chi connectivity index (χ1v) is 6.41. The molecule has 0 saturated heterocycles. The lowest BCUT2D eigenvalue weighted by atomic mass is 10.3. The van der Waals surface area contributed by atoms with Gasteiger partial charge in [-0.05, 0) is 18.2 Å². The normalized spacial score (nSPS) is 9.81. The van der Waals surface area contributed by atoms with Crippen molar-refractivity contribution in [1.29, 1.82) is 0 Å². The van der Waals surface area contributed by atoms with E-state index in [9.17, 15) is 14.4 Å². The van der Waals surface area contributed by atoms with Crippen LogP contribution < -0.4 is 10.2 Å². The fourth-order valence-electron chi connectivity index (χ4n) is 1.53. The summed E-state index contributed by atoms with van der Waals surface area (Å²) in [6.07, 6.45) is -0.00129. The highest BCUT2D eigenvalue weighted by atomic mass is 35.5. The number of nitrogens with zero attached hydrogens (tertiary/aromatic N) is 1. The number of amides is 2. The molecule has 0 aliphatic heterocycles. The molecule has 0 fully saturated rings. The van der Waals surface area contributed by atoms with E-state index in [0.717, 1.165) is 4.90 Å². The Morgan fingerprint density at radius 3 is 2.67 bits per heavy atom. The van der Waals surface area contributed by atoms with E-state index in [1.807, 2.05) is 0 Å². The first kappa shape index (κ1) is 16.8. The number of urea groups is 1. The quantitative estimate of drug-likeness (QED) is 0.776. The molecule has 114 valence electrons. The summed E-state index contributed by atoms with van der Waals surface area (Å²) in [4.78, 5) is 34.9. The molecule has 0 radical (unpaired) electrons. The zero-order valence-electron chi connectivity index (χ0n) is 11.3. The third kappa shape index (κ3) is 5.70. The Hall–Kier alpha value is -2.28. The first-order valence-electron chi connectivity index (χ1n) is 6.03. The highest BCUT2D eigenvalue weighted by Gasteiger charge is 2.19. The van der Waals surface area contributed by atoms with Gasteiger partial charge in [-0.2, -0.15) is 0 Å². The minimum atomic E-state index is -1.17. The van der Waals surface area contributed by atoms with Gasteiger partial charge >= 0.3 is 18.0 Å². The van der Waals surface area contributed by atoms with E-state index in [2.05, 4.69) is 10.1 Å². The number of methoxy groups -OCH3 is 1. The summed E-state index contributed by atoms with van der Waals surface area (Å²) in [5.41, 5.74) is 0.348. The van der Waals surface area contributed by atoms with Crippen LogP contribution in [0.3, 0.4) is 0 Å². The monoisotopic (exact) mass is 314 g/mol. The fraction of sp³-hybridized carbons (Fsp3) is 0.308. The maximum absolute atomic E-state index is 12.0. The van der Waals surface area contributed by atoms with Gasteiger partial charge in [0.25, 0.3) is 0 Å². The molecule has 7 nitrogen and oxygen atoms in total. The number of carbonyl (C=O) groups is 3. The van der Waals surface area contributed by atoms with E-state index in [-0.39, 0.29) is 13.0 Å². The second-order valence-corrected chi connectivity index (χ2v) is 4.45. The third-order valence-electron chi connectivity index (χ3n) is 2.49. The van der Waals surface area contributed by atoms with Gasteiger partial charge in [0.15, 0.2) is 0 Å². The Balaban J connectivity index is 2.75. The molecule has 0 aliphatic rings. The fourth-order valence-corrected chi connectivity index (χ4v) is 1.71. The summed E-state index contributed by atoms with van der Waals surface area (Å²) in [5, 5.41) is 11.7. The topological polar surface area (TPSA) is 95.9 Å². The van der Waals surface area contributed by atoms with Crippen LogP contribution in [0.15, 0.2) is 24.3 Å². The summed E-state index contributed by atoms with van der Waals surface area (Å²) in [6, 6.07) is 5.62. The zero-order valence-corrected chi connectivity index (χ0v) is 12.1. The molecule has 0 bridgehead atoms. The first-order chi connectivity index (χ1) is 9.93. The van der Waals surface area contributed by atoms with Crippen LogP contribution in [-0.4, -0.2) is 43.3 Å². The SMILES string of the molecule is COC(=O)CCNC(=O)N(CC(=O)O)c1cccc(Cl)c1. The van der Waals surface area contributed by atoms with Crippen LogP contribution in [0.4, 0.5) is 10.5 Å². The lowest BCUT2D eigenvalue weighted by Gasteiger charge is -2.21. The van der Waals surface area contributed by atoms with Crippen LogP contribution in [-0.2, 0) is 14.3 Å². The average Bonchev–Trinajstić information content (AvgIpc) is 2.44.